The van der Waals surface area contributed by atoms with E-state index >= 15 is 0 Å². The van der Waals surface area contributed by atoms with Crippen LogP contribution >= 0.6 is 0 Å². The fourth-order valence-corrected chi connectivity index (χ4v) is 2.91. The zero-order chi connectivity index (χ0) is 20.8. The number of benzene rings is 2. The molecule has 5 nitrogen and oxygen atoms in total. The molecule has 0 spiro atoms. The van der Waals surface area contributed by atoms with Crippen LogP contribution in [0.15, 0.2) is 61.2 Å². The summed E-state index contributed by atoms with van der Waals surface area (Å²) in [6, 6.07) is 13.0. The minimum absolute atomic E-state index is 0.0151. The standard InChI is InChI=1S/C23H25FN4O/c1-16(2)28(3)14-18-6-4-5-17(9-18)11-27-23(29)21-8-7-19(10-22(21)24)20-12-25-15-26-13-20/h4-10,12-13,15-16H,11,14H2,1-3H3,(H,27,29). The van der Waals surface area contributed by atoms with Crippen LogP contribution in [0.4, 0.5) is 4.39 Å². The summed E-state index contributed by atoms with van der Waals surface area (Å²) in [6.45, 7) is 5.47. The van der Waals surface area contributed by atoms with E-state index in [1.165, 1.54) is 24.0 Å². The average molecular weight is 392 g/mol. The van der Waals surface area contributed by atoms with Crippen LogP contribution in [-0.4, -0.2) is 33.9 Å². The van der Waals surface area contributed by atoms with Crippen molar-refractivity contribution < 1.29 is 9.18 Å². The third-order valence-corrected chi connectivity index (χ3v) is 4.87. The molecule has 0 aliphatic rings. The Bertz CT molecular complexity index is 976. The van der Waals surface area contributed by atoms with Gasteiger partial charge in [0.25, 0.3) is 5.91 Å². The molecule has 0 radical (unpaired) electrons. The lowest BCUT2D eigenvalue weighted by atomic mass is 10.1. The van der Waals surface area contributed by atoms with E-state index in [4.69, 9.17) is 0 Å². The van der Waals surface area contributed by atoms with Crippen LogP contribution in [0.25, 0.3) is 11.1 Å². The molecule has 0 saturated heterocycles. The van der Waals surface area contributed by atoms with Gasteiger partial charge in [0.2, 0.25) is 0 Å². The zero-order valence-electron chi connectivity index (χ0n) is 16.9. The van der Waals surface area contributed by atoms with Gasteiger partial charge in [-0.1, -0.05) is 30.3 Å². The van der Waals surface area contributed by atoms with Gasteiger partial charge in [0.05, 0.1) is 5.56 Å². The second-order valence-corrected chi connectivity index (χ2v) is 7.33. The highest BCUT2D eigenvalue weighted by molar-refractivity contribution is 5.95. The monoisotopic (exact) mass is 392 g/mol. The molecule has 150 valence electrons. The summed E-state index contributed by atoms with van der Waals surface area (Å²) in [5, 5.41) is 2.80. The molecular formula is C23H25FN4O. The maximum Gasteiger partial charge on any atom is 0.254 e. The molecule has 0 aliphatic heterocycles. The van der Waals surface area contributed by atoms with Crippen molar-refractivity contribution in [1.29, 1.82) is 0 Å². The minimum Gasteiger partial charge on any atom is -0.348 e. The van der Waals surface area contributed by atoms with Crippen LogP contribution in [0.5, 0.6) is 0 Å². The van der Waals surface area contributed by atoms with Crippen molar-refractivity contribution in [2.45, 2.75) is 33.0 Å². The highest BCUT2D eigenvalue weighted by Crippen LogP contribution is 2.20. The van der Waals surface area contributed by atoms with E-state index in [1.54, 1.807) is 18.5 Å². The van der Waals surface area contributed by atoms with Crippen molar-refractivity contribution in [3.63, 3.8) is 0 Å². The van der Waals surface area contributed by atoms with Gasteiger partial charge in [-0.3, -0.25) is 9.69 Å². The Hall–Kier alpha value is -3.12. The van der Waals surface area contributed by atoms with E-state index in [0.29, 0.717) is 23.7 Å². The third-order valence-electron chi connectivity index (χ3n) is 4.87. The predicted molar refractivity (Wildman–Crippen MR) is 112 cm³/mol. The smallest absolute Gasteiger partial charge is 0.254 e. The molecule has 0 aliphatic carbocycles. The number of hydrogen-bond donors (Lipinski definition) is 1. The second-order valence-electron chi connectivity index (χ2n) is 7.33. The highest BCUT2D eigenvalue weighted by atomic mass is 19.1. The summed E-state index contributed by atoms with van der Waals surface area (Å²) >= 11 is 0. The summed E-state index contributed by atoms with van der Waals surface area (Å²) in [5.41, 5.74) is 3.49. The second kappa shape index (κ2) is 9.39. The number of rotatable bonds is 7. The molecule has 1 aromatic heterocycles. The van der Waals surface area contributed by atoms with E-state index < -0.39 is 11.7 Å². The summed E-state index contributed by atoms with van der Waals surface area (Å²) < 4.78 is 14.5. The first kappa shape index (κ1) is 20.6. The van der Waals surface area contributed by atoms with E-state index in [0.717, 1.165) is 12.1 Å². The van der Waals surface area contributed by atoms with E-state index in [2.05, 4.69) is 53.2 Å². The maximum absolute atomic E-state index is 14.5. The minimum atomic E-state index is -0.573. The molecule has 0 bridgehead atoms. The van der Waals surface area contributed by atoms with E-state index in [1.807, 2.05) is 12.1 Å². The summed E-state index contributed by atoms with van der Waals surface area (Å²) in [6.07, 6.45) is 4.62. The van der Waals surface area contributed by atoms with Crippen molar-refractivity contribution in [3.05, 3.63) is 83.7 Å². The number of hydrogen-bond acceptors (Lipinski definition) is 4. The lowest BCUT2D eigenvalue weighted by Crippen LogP contribution is -2.26. The highest BCUT2D eigenvalue weighted by Gasteiger charge is 2.13. The topological polar surface area (TPSA) is 58.1 Å². The van der Waals surface area contributed by atoms with Crippen molar-refractivity contribution in [1.82, 2.24) is 20.2 Å². The van der Waals surface area contributed by atoms with Gasteiger partial charge in [-0.05, 0) is 49.7 Å². The molecule has 29 heavy (non-hydrogen) atoms. The Kier molecular flexibility index (Phi) is 6.67. The van der Waals surface area contributed by atoms with Crippen LogP contribution < -0.4 is 5.32 Å². The number of nitrogens with one attached hydrogen (secondary N) is 1. The molecule has 1 heterocycles. The van der Waals surface area contributed by atoms with Crippen LogP contribution in [0.2, 0.25) is 0 Å². The molecule has 2 aromatic carbocycles. The van der Waals surface area contributed by atoms with Crippen LogP contribution in [-0.2, 0) is 13.1 Å². The largest absolute Gasteiger partial charge is 0.348 e. The molecule has 6 heteroatoms. The summed E-state index contributed by atoms with van der Waals surface area (Å²) in [4.78, 5) is 22.6. The molecule has 0 fully saturated rings. The Morgan fingerprint density at radius 2 is 1.79 bits per heavy atom. The van der Waals surface area contributed by atoms with Crippen LogP contribution in [0.3, 0.4) is 0 Å². The van der Waals surface area contributed by atoms with Crippen molar-refractivity contribution >= 4 is 5.91 Å². The number of amides is 1. The molecular weight excluding hydrogens is 367 g/mol. The maximum atomic E-state index is 14.5. The Balaban J connectivity index is 1.65. The molecule has 3 aromatic rings. The van der Waals surface area contributed by atoms with Gasteiger partial charge in [-0.15, -0.1) is 0 Å². The molecule has 0 unspecified atom stereocenters. The van der Waals surface area contributed by atoms with Crippen molar-refractivity contribution in [2.75, 3.05) is 7.05 Å². The van der Waals surface area contributed by atoms with Gasteiger partial charge in [-0.2, -0.15) is 0 Å². The summed E-state index contributed by atoms with van der Waals surface area (Å²) in [5.74, 6) is -1.01. The Labute approximate surface area is 170 Å². The van der Waals surface area contributed by atoms with Gasteiger partial charge in [-0.25, -0.2) is 14.4 Å². The van der Waals surface area contributed by atoms with Crippen molar-refractivity contribution in [3.8, 4) is 11.1 Å². The first-order chi connectivity index (χ1) is 13.9. The Morgan fingerprint density at radius 1 is 1.07 bits per heavy atom. The van der Waals surface area contributed by atoms with Gasteiger partial charge in [0, 0.05) is 37.1 Å². The fraction of sp³-hybridized carbons (Fsp3) is 0.261. The zero-order valence-corrected chi connectivity index (χ0v) is 16.9. The average Bonchev–Trinajstić information content (AvgIpc) is 2.72. The molecule has 1 amide bonds. The number of carbonyl (C=O) groups excluding carboxylic acids is 1. The third kappa shape index (κ3) is 5.45. The first-order valence-electron chi connectivity index (χ1n) is 9.55. The molecule has 1 N–H and O–H groups in total. The number of halogens is 1. The lowest BCUT2D eigenvalue weighted by molar-refractivity contribution is 0.0947. The molecule has 3 rings (SSSR count). The van der Waals surface area contributed by atoms with Gasteiger partial charge >= 0.3 is 0 Å². The quantitative estimate of drug-likeness (QED) is 0.659. The first-order valence-corrected chi connectivity index (χ1v) is 9.55. The number of nitrogens with zero attached hydrogens (tertiary/aromatic N) is 3. The van der Waals surface area contributed by atoms with Crippen LogP contribution in [0.1, 0.15) is 35.3 Å². The van der Waals surface area contributed by atoms with E-state index in [-0.39, 0.29) is 5.56 Å². The van der Waals surface area contributed by atoms with Gasteiger partial charge < -0.3 is 5.32 Å². The van der Waals surface area contributed by atoms with Gasteiger partial charge in [0.1, 0.15) is 12.1 Å². The normalized spacial score (nSPS) is 11.1. The predicted octanol–water partition coefficient (Wildman–Crippen LogP) is 4.05. The number of aromatic nitrogens is 2. The van der Waals surface area contributed by atoms with Gasteiger partial charge in [0.15, 0.2) is 0 Å². The Morgan fingerprint density at radius 3 is 2.48 bits per heavy atom. The van der Waals surface area contributed by atoms with E-state index in [9.17, 15) is 9.18 Å². The SMILES string of the molecule is CC(C)N(C)Cc1cccc(CNC(=O)c2ccc(-c3cncnc3)cc2F)c1. The molecule has 0 saturated carbocycles. The number of carbonyl (C=O) groups is 1. The fourth-order valence-electron chi connectivity index (χ4n) is 2.91. The summed E-state index contributed by atoms with van der Waals surface area (Å²) in [7, 11) is 2.08. The van der Waals surface area contributed by atoms with Crippen LogP contribution in [0, 0.1) is 5.82 Å². The lowest BCUT2D eigenvalue weighted by Gasteiger charge is -2.21. The van der Waals surface area contributed by atoms with Crippen molar-refractivity contribution in [2.24, 2.45) is 0 Å². The molecule has 0 atom stereocenters.